The van der Waals surface area contributed by atoms with Gasteiger partial charge in [0.05, 0.1) is 11.4 Å². The molecule has 0 saturated heterocycles. The number of nitrogens with one attached hydrogen (secondary N) is 1. The summed E-state index contributed by atoms with van der Waals surface area (Å²) < 4.78 is 2.06. The lowest BCUT2D eigenvalue weighted by Crippen LogP contribution is -2.08. The monoisotopic (exact) mass is 303 g/mol. The van der Waals surface area contributed by atoms with Crippen LogP contribution in [0.3, 0.4) is 0 Å². The molecule has 21 heavy (non-hydrogen) atoms. The number of hydrogen-bond donors (Lipinski definition) is 1. The molecule has 2 heterocycles. The van der Waals surface area contributed by atoms with Crippen LogP contribution >= 0.6 is 11.6 Å². The maximum absolute atomic E-state index is 6.19. The highest BCUT2D eigenvalue weighted by Gasteiger charge is 2.20. The standard InChI is InChI=1S/C17H22ClN3/c1-3-6-15-14-7-4-5-10-19-17(14)21(20-15)16-11-13(18)9-8-12(16)2/h8-9,11,19H,3-7,10H2,1-2H3. The molecule has 1 aliphatic heterocycles. The third-order valence-corrected chi connectivity index (χ3v) is 4.33. The van der Waals surface area contributed by atoms with Crippen LogP contribution in [0, 0.1) is 6.92 Å². The van der Waals surface area contributed by atoms with Gasteiger partial charge in [0.1, 0.15) is 5.82 Å². The number of fused-ring (bicyclic) bond motifs is 1. The minimum absolute atomic E-state index is 0.755. The Balaban J connectivity index is 2.15. The van der Waals surface area contributed by atoms with E-state index in [0.717, 1.165) is 36.5 Å². The molecule has 0 spiro atoms. The van der Waals surface area contributed by atoms with Crippen molar-refractivity contribution >= 4 is 17.4 Å². The van der Waals surface area contributed by atoms with E-state index < -0.39 is 0 Å². The Morgan fingerprint density at radius 2 is 2.19 bits per heavy atom. The summed E-state index contributed by atoms with van der Waals surface area (Å²) in [6.07, 6.45) is 5.73. The average Bonchev–Trinajstić information content (AvgIpc) is 2.66. The Morgan fingerprint density at radius 3 is 3.00 bits per heavy atom. The molecule has 1 N–H and O–H groups in total. The fourth-order valence-electron chi connectivity index (χ4n) is 3.00. The van der Waals surface area contributed by atoms with Gasteiger partial charge in [-0.1, -0.05) is 31.0 Å². The molecule has 0 saturated carbocycles. The predicted molar refractivity (Wildman–Crippen MR) is 88.7 cm³/mol. The second kappa shape index (κ2) is 6.10. The highest BCUT2D eigenvalue weighted by atomic mass is 35.5. The second-order valence-corrected chi connectivity index (χ2v) is 6.19. The van der Waals surface area contributed by atoms with Crippen molar-refractivity contribution in [2.45, 2.75) is 46.0 Å². The molecule has 1 aromatic carbocycles. The van der Waals surface area contributed by atoms with Crippen molar-refractivity contribution in [2.75, 3.05) is 11.9 Å². The number of rotatable bonds is 3. The molecule has 0 unspecified atom stereocenters. The maximum atomic E-state index is 6.19. The van der Waals surface area contributed by atoms with Gasteiger partial charge in [0.25, 0.3) is 0 Å². The molecule has 0 aliphatic carbocycles. The summed E-state index contributed by atoms with van der Waals surface area (Å²) in [6.45, 7) is 5.33. The Kier molecular flexibility index (Phi) is 4.20. The zero-order valence-electron chi connectivity index (χ0n) is 12.7. The summed E-state index contributed by atoms with van der Waals surface area (Å²) in [5.74, 6) is 1.17. The van der Waals surface area contributed by atoms with Crippen LogP contribution in [-0.4, -0.2) is 16.3 Å². The third-order valence-electron chi connectivity index (χ3n) is 4.10. The van der Waals surface area contributed by atoms with Gasteiger partial charge in [-0.15, -0.1) is 0 Å². The van der Waals surface area contributed by atoms with Crippen LogP contribution in [0.1, 0.15) is 43.0 Å². The molecule has 4 heteroatoms. The van der Waals surface area contributed by atoms with E-state index in [1.807, 2.05) is 12.1 Å². The summed E-state index contributed by atoms with van der Waals surface area (Å²) >= 11 is 6.19. The normalized spacial score (nSPS) is 14.4. The van der Waals surface area contributed by atoms with Gasteiger partial charge < -0.3 is 5.32 Å². The fourth-order valence-corrected chi connectivity index (χ4v) is 3.16. The number of nitrogens with zero attached hydrogens (tertiary/aromatic N) is 2. The van der Waals surface area contributed by atoms with E-state index in [-0.39, 0.29) is 0 Å². The molecule has 0 bridgehead atoms. The fraction of sp³-hybridized carbons (Fsp3) is 0.471. The lowest BCUT2D eigenvalue weighted by atomic mass is 10.1. The van der Waals surface area contributed by atoms with Crippen molar-refractivity contribution in [1.82, 2.24) is 9.78 Å². The lowest BCUT2D eigenvalue weighted by Gasteiger charge is -2.12. The van der Waals surface area contributed by atoms with Gasteiger partial charge >= 0.3 is 0 Å². The maximum Gasteiger partial charge on any atom is 0.133 e. The van der Waals surface area contributed by atoms with Crippen molar-refractivity contribution in [1.29, 1.82) is 0 Å². The predicted octanol–water partition coefficient (Wildman–Crippen LogP) is 4.53. The molecule has 3 nitrogen and oxygen atoms in total. The van der Waals surface area contributed by atoms with Gasteiger partial charge in [0.2, 0.25) is 0 Å². The summed E-state index contributed by atoms with van der Waals surface area (Å²) in [4.78, 5) is 0. The first-order chi connectivity index (χ1) is 10.2. The van der Waals surface area contributed by atoms with Crippen LogP contribution in [-0.2, 0) is 12.8 Å². The molecule has 112 valence electrons. The zero-order valence-corrected chi connectivity index (χ0v) is 13.5. The molecule has 0 atom stereocenters. The zero-order chi connectivity index (χ0) is 14.8. The van der Waals surface area contributed by atoms with Crippen molar-refractivity contribution in [3.63, 3.8) is 0 Å². The summed E-state index contributed by atoms with van der Waals surface area (Å²) in [5, 5.41) is 9.22. The second-order valence-electron chi connectivity index (χ2n) is 5.75. The van der Waals surface area contributed by atoms with Crippen molar-refractivity contribution in [3.8, 4) is 5.69 Å². The molecule has 0 radical (unpaired) electrons. The van der Waals surface area contributed by atoms with Crippen molar-refractivity contribution in [2.24, 2.45) is 0 Å². The van der Waals surface area contributed by atoms with E-state index in [0.29, 0.717) is 0 Å². The number of aromatic nitrogens is 2. The molecular weight excluding hydrogens is 282 g/mol. The van der Waals surface area contributed by atoms with E-state index in [4.69, 9.17) is 16.7 Å². The molecule has 0 fully saturated rings. The van der Waals surface area contributed by atoms with Crippen molar-refractivity contribution in [3.05, 3.63) is 40.0 Å². The van der Waals surface area contributed by atoms with Gasteiger partial charge in [-0.05, 0) is 50.3 Å². The van der Waals surface area contributed by atoms with Crippen LogP contribution in [0.5, 0.6) is 0 Å². The minimum atomic E-state index is 0.755. The number of halogens is 1. The van der Waals surface area contributed by atoms with Crippen LogP contribution in [0.4, 0.5) is 5.82 Å². The third kappa shape index (κ3) is 2.80. The largest absolute Gasteiger partial charge is 0.370 e. The molecular formula is C17H22ClN3. The summed E-state index contributed by atoms with van der Waals surface area (Å²) in [7, 11) is 0. The van der Waals surface area contributed by atoms with Crippen LogP contribution in [0.2, 0.25) is 5.02 Å². The van der Waals surface area contributed by atoms with Crippen LogP contribution in [0.15, 0.2) is 18.2 Å². The summed E-state index contributed by atoms with van der Waals surface area (Å²) in [5.41, 5.74) is 4.91. The molecule has 3 rings (SSSR count). The molecule has 2 aromatic rings. The van der Waals surface area contributed by atoms with Crippen molar-refractivity contribution < 1.29 is 0 Å². The van der Waals surface area contributed by atoms with E-state index in [2.05, 4.69) is 29.9 Å². The quantitative estimate of drug-likeness (QED) is 0.902. The van der Waals surface area contributed by atoms with E-state index in [1.165, 1.54) is 35.5 Å². The first kappa shape index (κ1) is 14.5. The Morgan fingerprint density at radius 1 is 1.33 bits per heavy atom. The van der Waals surface area contributed by atoms with Crippen LogP contribution < -0.4 is 5.32 Å². The minimum Gasteiger partial charge on any atom is -0.370 e. The van der Waals surface area contributed by atoms with Gasteiger partial charge in [-0.3, -0.25) is 0 Å². The first-order valence-corrected chi connectivity index (χ1v) is 8.19. The molecule has 0 amide bonds. The van der Waals surface area contributed by atoms with E-state index in [9.17, 15) is 0 Å². The average molecular weight is 304 g/mol. The topological polar surface area (TPSA) is 29.9 Å². The number of aryl methyl sites for hydroxylation is 2. The van der Waals surface area contributed by atoms with Gasteiger partial charge in [-0.25, -0.2) is 4.68 Å². The van der Waals surface area contributed by atoms with E-state index >= 15 is 0 Å². The number of benzene rings is 1. The van der Waals surface area contributed by atoms with Gasteiger partial charge in [0, 0.05) is 17.1 Å². The summed E-state index contributed by atoms with van der Waals surface area (Å²) in [6, 6.07) is 6.00. The highest BCUT2D eigenvalue weighted by Crippen LogP contribution is 2.30. The Bertz CT molecular complexity index is 646. The first-order valence-electron chi connectivity index (χ1n) is 7.82. The smallest absolute Gasteiger partial charge is 0.133 e. The Hall–Kier alpha value is -1.48. The Labute approximate surface area is 131 Å². The molecule has 1 aliphatic rings. The highest BCUT2D eigenvalue weighted by molar-refractivity contribution is 6.30. The number of hydrogen-bond acceptors (Lipinski definition) is 2. The van der Waals surface area contributed by atoms with E-state index in [1.54, 1.807) is 0 Å². The lowest BCUT2D eigenvalue weighted by molar-refractivity contribution is 0.752. The SMILES string of the molecule is CCCc1nn(-c2cc(Cl)ccc2C)c2c1CCCCN2. The molecule has 1 aromatic heterocycles. The number of anilines is 1. The van der Waals surface area contributed by atoms with Gasteiger partial charge in [0.15, 0.2) is 0 Å². The van der Waals surface area contributed by atoms with Gasteiger partial charge in [-0.2, -0.15) is 5.10 Å². The van der Waals surface area contributed by atoms with Crippen LogP contribution in [0.25, 0.3) is 5.69 Å².